The normalized spacial score (nSPS) is 16.5. The summed E-state index contributed by atoms with van der Waals surface area (Å²) in [6, 6.07) is 25.1. The molecule has 0 amide bonds. The summed E-state index contributed by atoms with van der Waals surface area (Å²) < 4.78 is 6.62. The van der Waals surface area contributed by atoms with Crippen LogP contribution in [-0.4, -0.2) is 18.7 Å². The van der Waals surface area contributed by atoms with Crippen LogP contribution in [0.2, 0.25) is 0 Å². The second-order valence-corrected chi connectivity index (χ2v) is 8.63. The Bertz CT molecular complexity index is 1160. The molecular weight excluding hydrogens is 464 g/mol. The van der Waals surface area contributed by atoms with E-state index in [0.29, 0.717) is 11.1 Å². The van der Waals surface area contributed by atoms with Gasteiger partial charge >= 0.3 is 0 Å². The van der Waals surface area contributed by atoms with Crippen molar-refractivity contribution in [2.45, 2.75) is 12.5 Å². The van der Waals surface area contributed by atoms with Crippen molar-refractivity contribution in [1.82, 2.24) is 0 Å². The van der Waals surface area contributed by atoms with Gasteiger partial charge in [0.05, 0.1) is 0 Å². The number of ether oxygens (including phenoxy) is 1. The third kappa shape index (κ3) is 4.87. The predicted molar refractivity (Wildman–Crippen MR) is 130 cm³/mol. The van der Waals surface area contributed by atoms with Gasteiger partial charge in [-0.3, -0.25) is 9.59 Å². The number of carbonyl (C=O) groups is 2. The summed E-state index contributed by atoms with van der Waals surface area (Å²) in [6.45, 7) is 0. The van der Waals surface area contributed by atoms with Crippen LogP contribution in [0.5, 0.6) is 0 Å². The Morgan fingerprint density at radius 1 is 0.938 bits per heavy atom. The summed E-state index contributed by atoms with van der Waals surface area (Å²) in [4.78, 5) is 25.8. The minimum Gasteiger partial charge on any atom is -0.372 e. The molecule has 160 valence electrons. The van der Waals surface area contributed by atoms with Crippen LogP contribution >= 0.6 is 15.9 Å². The third-order valence-corrected chi connectivity index (χ3v) is 6.17. The van der Waals surface area contributed by atoms with E-state index in [1.165, 1.54) is 0 Å². The van der Waals surface area contributed by atoms with Crippen LogP contribution in [0.15, 0.2) is 102 Å². The molecule has 32 heavy (non-hydrogen) atoms. The lowest BCUT2D eigenvalue weighted by molar-refractivity contribution is -0.116. The van der Waals surface area contributed by atoms with Crippen LogP contribution in [-0.2, 0) is 9.53 Å². The number of rotatable bonds is 7. The SMILES string of the molecule is COC(c1ccccc1)c1ccc(C2=CC=CC(CC(=O)c3ccc(Br)cc3)C2=O)cc1. The van der Waals surface area contributed by atoms with Gasteiger partial charge in [-0.15, -0.1) is 0 Å². The van der Waals surface area contributed by atoms with Crippen molar-refractivity contribution in [2.24, 2.45) is 5.92 Å². The number of hydrogen-bond acceptors (Lipinski definition) is 3. The zero-order valence-corrected chi connectivity index (χ0v) is 19.3. The molecule has 2 unspecified atom stereocenters. The van der Waals surface area contributed by atoms with E-state index in [1.54, 1.807) is 19.2 Å². The van der Waals surface area contributed by atoms with Gasteiger partial charge in [0.2, 0.25) is 0 Å². The smallest absolute Gasteiger partial charge is 0.170 e. The summed E-state index contributed by atoms with van der Waals surface area (Å²) in [6.07, 6.45) is 5.49. The molecule has 1 aliphatic carbocycles. The summed E-state index contributed by atoms with van der Waals surface area (Å²) in [5, 5.41) is 0. The summed E-state index contributed by atoms with van der Waals surface area (Å²) in [5.41, 5.74) is 4.17. The van der Waals surface area contributed by atoms with Crippen LogP contribution < -0.4 is 0 Å². The maximum atomic E-state index is 13.1. The zero-order valence-electron chi connectivity index (χ0n) is 17.7. The van der Waals surface area contributed by atoms with Gasteiger partial charge in [-0.1, -0.05) is 101 Å². The highest BCUT2D eigenvalue weighted by Gasteiger charge is 2.26. The van der Waals surface area contributed by atoms with E-state index in [4.69, 9.17) is 4.74 Å². The molecule has 0 fully saturated rings. The van der Waals surface area contributed by atoms with Crippen LogP contribution in [0.4, 0.5) is 0 Å². The Morgan fingerprint density at radius 3 is 2.25 bits per heavy atom. The molecule has 2 atom stereocenters. The molecule has 0 aromatic heterocycles. The lowest BCUT2D eigenvalue weighted by Gasteiger charge is -2.19. The molecule has 0 bridgehead atoms. The van der Waals surface area contributed by atoms with E-state index in [1.807, 2.05) is 85.0 Å². The molecule has 4 rings (SSSR count). The number of benzene rings is 3. The summed E-state index contributed by atoms with van der Waals surface area (Å²) in [7, 11) is 1.69. The Balaban J connectivity index is 1.49. The molecule has 1 aliphatic rings. The number of hydrogen-bond donors (Lipinski definition) is 0. The Morgan fingerprint density at radius 2 is 1.59 bits per heavy atom. The van der Waals surface area contributed by atoms with Crippen molar-refractivity contribution >= 4 is 33.1 Å². The van der Waals surface area contributed by atoms with Crippen LogP contribution in [0.3, 0.4) is 0 Å². The van der Waals surface area contributed by atoms with Gasteiger partial charge in [0.25, 0.3) is 0 Å². The number of halogens is 1. The van der Waals surface area contributed by atoms with Crippen molar-refractivity contribution in [1.29, 1.82) is 0 Å². The monoisotopic (exact) mass is 486 g/mol. The maximum absolute atomic E-state index is 13.1. The molecule has 3 aromatic rings. The first kappa shape index (κ1) is 22.1. The maximum Gasteiger partial charge on any atom is 0.170 e. The van der Waals surface area contributed by atoms with Crippen LogP contribution in [0.1, 0.15) is 39.6 Å². The number of allylic oxidation sites excluding steroid dienone is 4. The lowest BCUT2D eigenvalue weighted by atomic mass is 9.84. The first-order chi connectivity index (χ1) is 15.6. The number of Topliss-reactive ketones (excluding diaryl/α,β-unsaturated/α-hetero) is 2. The summed E-state index contributed by atoms with van der Waals surface area (Å²) >= 11 is 3.38. The quantitative estimate of drug-likeness (QED) is 0.353. The average molecular weight is 487 g/mol. The second kappa shape index (κ2) is 10.0. The Kier molecular flexibility index (Phi) is 6.93. The summed E-state index contributed by atoms with van der Waals surface area (Å²) in [5.74, 6) is -0.526. The first-order valence-electron chi connectivity index (χ1n) is 10.5. The fourth-order valence-electron chi connectivity index (χ4n) is 3.94. The molecular formula is C28H23BrO3. The zero-order chi connectivity index (χ0) is 22.5. The van der Waals surface area contributed by atoms with Gasteiger partial charge in [0.1, 0.15) is 6.10 Å². The minimum atomic E-state index is -0.457. The van der Waals surface area contributed by atoms with Crippen molar-refractivity contribution in [3.8, 4) is 0 Å². The fourth-order valence-corrected chi connectivity index (χ4v) is 4.20. The van der Waals surface area contributed by atoms with Crippen LogP contribution in [0, 0.1) is 5.92 Å². The van der Waals surface area contributed by atoms with Crippen LogP contribution in [0.25, 0.3) is 5.57 Å². The average Bonchev–Trinajstić information content (AvgIpc) is 2.82. The van der Waals surface area contributed by atoms with Gasteiger partial charge in [-0.25, -0.2) is 0 Å². The Hall–Kier alpha value is -3.08. The fraction of sp³-hybridized carbons (Fsp3) is 0.143. The van der Waals surface area contributed by atoms with E-state index in [2.05, 4.69) is 15.9 Å². The molecule has 0 saturated heterocycles. The van der Waals surface area contributed by atoms with Gasteiger partial charge in [-0.2, -0.15) is 0 Å². The van der Waals surface area contributed by atoms with Gasteiger partial charge in [0.15, 0.2) is 11.6 Å². The highest BCUT2D eigenvalue weighted by Crippen LogP contribution is 2.30. The third-order valence-electron chi connectivity index (χ3n) is 5.64. The largest absolute Gasteiger partial charge is 0.372 e. The van der Waals surface area contributed by atoms with E-state index < -0.39 is 5.92 Å². The van der Waals surface area contributed by atoms with E-state index in [9.17, 15) is 9.59 Å². The second-order valence-electron chi connectivity index (χ2n) is 7.72. The van der Waals surface area contributed by atoms with Crippen molar-refractivity contribution in [3.63, 3.8) is 0 Å². The minimum absolute atomic E-state index is 0.0305. The van der Waals surface area contributed by atoms with Gasteiger partial charge in [0, 0.05) is 35.1 Å². The molecule has 3 aromatic carbocycles. The molecule has 0 heterocycles. The number of carbonyl (C=O) groups excluding carboxylic acids is 2. The van der Waals surface area contributed by atoms with Crippen molar-refractivity contribution in [3.05, 3.63) is 124 Å². The van der Waals surface area contributed by atoms with E-state index in [-0.39, 0.29) is 24.1 Å². The van der Waals surface area contributed by atoms with Crippen molar-refractivity contribution in [2.75, 3.05) is 7.11 Å². The standard InChI is InChI=1S/C28H23BrO3/c1-32-28(21-6-3-2-4-7-21)22-12-10-19(11-13-22)25-9-5-8-23(27(25)31)18-26(30)20-14-16-24(29)17-15-20/h2-17,23,28H,18H2,1H3. The highest BCUT2D eigenvalue weighted by molar-refractivity contribution is 9.10. The van der Waals surface area contributed by atoms with E-state index >= 15 is 0 Å². The molecule has 0 spiro atoms. The van der Waals surface area contributed by atoms with Crippen molar-refractivity contribution < 1.29 is 14.3 Å². The number of ketones is 2. The molecule has 0 radical (unpaired) electrons. The number of methoxy groups -OCH3 is 1. The Labute approximate surface area is 196 Å². The molecule has 0 aliphatic heterocycles. The van der Waals surface area contributed by atoms with E-state index in [0.717, 1.165) is 21.2 Å². The van der Waals surface area contributed by atoms with Gasteiger partial charge < -0.3 is 4.74 Å². The predicted octanol–water partition coefficient (Wildman–Crippen LogP) is 6.60. The lowest BCUT2D eigenvalue weighted by Crippen LogP contribution is -2.20. The molecule has 0 saturated carbocycles. The molecule has 3 nitrogen and oxygen atoms in total. The van der Waals surface area contributed by atoms with Gasteiger partial charge in [-0.05, 0) is 28.8 Å². The highest BCUT2D eigenvalue weighted by atomic mass is 79.9. The topological polar surface area (TPSA) is 43.4 Å². The molecule has 4 heteroatoms. The first-order valence-corrected chi connectivity index (χ1v) is 11.3. The molecule has 0 N–H and O–H groups in total.